The van der Waals surface area contributed by atoms with E-state index in [9.17, 15) is 19.2 Å². The molecule has 0 spiro atoms. The molecule has 0 bridgehead atoms. The van der Waals surface area contributed by atoms with Crippen LogP contribution in [0.25, 0.3) is 5.57 Å². The van der Waals surface area contributed by atoms with Gasteiger partial charge in [-0.2, -0.15) is 0 Å². The van der Waals surface area contributed by atoms with E-state index in [4.69, 9.17) is 15.3 Å². The Morgan fingerprint density at radius 1 is 1.16 bits per heavy atom. The summed E-state index contributed by atoms with van der Waals surface area (Å²) in [5.74, 6) is -0.917. The van der Waals surface area contributed by atoms with Crippen LogP contribution in [0.4, 0.5) is 5.69 Å². The minimum absolute atomic E-state index is 0.0789. The minimum Gasteiger partial charge on any atom is -0.489 e. The molecule has 166 valence electrons. The summed E-state index contributed by atoms with van der Waals surface area (Å²) in [6.07, 6.45) is 2.49. The van der Waals surface area contributed by atoms with Crippen LogP contribution in [-0.2, 0) is 24.0 Å². The van der Waals surface area contributed by atoms with E-state index in [0.717, 1.165) is 22.5 Å². The lowest BCUT2D eigenvalue weighted by molar-refractivity contribution is -0.197. The van der Waals surface area contributed by atoms with Crippen molar-refractivity contribution >= 4 is 35.0 Å². The highest BCUT2D eigenvalue weighted by Gasteiger charge is 2.32. The zero-order valence-electron chi connectivity index (χ0n) is 17.6. The van der Waals surface area contributed by atoms with E-state index in [0.29, 0.717) is 43.2 Å². The van der Waals surface area contributed by atoms with E-state index in [2.05, 4.69) is 5.32 Å². The second kappa shape index (κ2) is 10.1. The van der Waals surface area contributed by atoms with Crippen LogP contribution in [0.5, 0.6) is 5.75 Å². The molecule has 3 N–H and O–H groups in total. The number of carbonyl (C=O) groups excluding carboxylic acids is 4. The Morgan fingerprint density at radius 2 is 1.90 bits per heavy atom. The van der Waals surface area contributed by atoms with Gasteiger partial charge in [0.15, 0.2) is 0 Å². The molecule has 0 aromatic heterocycles. The van der Waals surface area contributed by atoms with Crippen molar-refractivity contribution < 1.29 is 28.8 Å². The number of nitrogens with zero attached hydrogens (tertiary/aromatic N) is 1. The van der Waals surface area contributed by atoms with E-state index in [1.807, 2.05) is 19.1 Å². The molecule has 3 amide bonds. The number of fused-ring (bicyclic) bond motifs is 1. The van der Waals surface area contributed by atoms with Gasteiger partial charge in [0.25, 0.3) is 11.8 Å². The van der Waals surface area contributed by atoms with E-state index in [1.165, 1.54) is 0 Å². The van der Waals surface area contributed by atoms with Gasteiger partial charge in [0.05, 0.1) is 6.42 Å². The summed E-state index contributed by atoms with van der Waals surface area (Å²) in [7, 11) is 0. The molecule has 3 rings (SSSR count). The fourth-order valence-electron chi connectivity index (χ4n) is 3.48. The second-order valence-corrected chi connectivity index (χ2v) is 7.66. The van der Waals surface area contributed by atoms with E-state index >= 15 is 0 Å². The largest absolute Gasteiger partial charge is 0.489 e. The predicted molar refractivity (Wildman–Crippen MR) is 112 cm³/mol. The summed E-state index contributed by atoms with van der Waals surface area (Å²) >= 11 is 0. The third-order valence-corrected chi connectivity index (χ3v) is 5.29. The highest BCUT2D eigenvalue weighted by atomic mass is 16.7. The molecule has 1 aromatic carbocycles. The smallest absolute Gasteiger partial charge is 0.333 e. The summed E-state index contributed by atoms with van der Waals surface area (Å²) in [6, 6.07) is 5.50. The van der Waals surface area contributed by atoms with Crippen LogP contribution in [0.15, 0.2) is 23.8 Å². The van der Waals surface area contributed by atoms with Crippen LogP contribution in [-0.4, -0.2) is 41.9 Å². The van der Waals surface area contributed by atoms with Gasteiger partial charge >= 0.3 is 5.97 Å². The third kappa shape index (κ3) is 5.84. The Hall–Kier alpha value is -3.36. The Balaban J connectivity index is 1.32. The van der Waals surface area contributed by atoms with Gasteiger partial charge in [0.2, 0.25) is 5.91 Å². The van der Waals surface area contributed by atoms with Crippen LogP contribution >= 0.6 is 0 Å². The SMILES string of the molecule is CC1=C(CC(=O)NCCCCCC(=O)ON2C(=O)CCC2=O)COc2cc(N)ccc21. The molecule has 1 saturated heterocycles. The van der Waals surface area contributed by atoms with Gasteiger partial charge in [-0.15, -0.1) is 5.06 Å². The maximum absolute atomic E-state index is 12.3. The molecule has 2 aliphatic rings. The number of anilines is 1. The quantitative estimate of drug-likeness (QED) is 0.349. The summed E-state index contributed by atoms with van der Waals surface area (Å²) in [4.78, 5) is 51.6. The van der Waals surface area contributed by atoms with Gasteiger partial charge in [-0.25, -0.2) is 4.79 Å². The lowest BCUT2D eigenvalue weighted by Crippen LogP contribution is -2.32. The fourth-order valence-corrected chi connectivity index (χ4v) is 3.48. The standard InChI is InChI=1S/C22H27N3O6/c1-14-15(13-30-18-12-16(23)6-7-17(14)18)11-19(26)24-10-4-2-3-5-22(29)31-25-20(27)8-9-21(25)28/h6-7,12H,2-5,8-11,13,23H2,1H3,(H,24,26). The second-order valence-electron chi connectivity index (χ2n) is 7.66. The average Bonchev–Trinajstić information content (AvgIpc) is 3.04. The van der Waals surface area contributed by atoms with Crippen molar-refractivity contribution in [2.24, 2.45) is 0 Å². The van der Waals surface area contributed by atoms with Crippen LogP contribution < -0.4 is 15.8 Å². The number of rotatable bonds is 9. The molecule has 9 nitrogen and oxygen atoms in total. The summed E-state index contributed by atoms with van der Waals surface area (Å²) in [5.41, 5.74) is 9.34. The lowest BCUT2D eigenvalue weighted by Gasteiger charge is -2.22. The maximum atomic E-state index is 12.3. The van der Waals surface area contributed by atoms with Crippen LogP contribution in [0.3, 0.4) is 0 Å². The van der Waals surface area contributed by atoms with Crippen molar-refractivity contribution in [2.45, 2.75) is 51.9 Å². The Kier molecular flexibility index (Phi) is 7.28. The highest BCUT2D eigenvalue weighted by Crippen LogP contribution is 2.35. The van der Waals surface area contributed by atoms with Gasteiger partial charge in [0, 0.05) is 43.1 Å². The van der Waals surface area contributed by atoms with Crippen molar-refractivity contribution in [1.82, 2.24) is 10.4 Å². The fraction of sp³-hybridized carbons (Fsp3) is 0.455. The first kappa shape index (κ1) is 22.3. The zero-order valence-corrected chi connectivity index (χ0v) is 17.6. The predicted octanol–water partition coefficient (Wildman–Crippen LogP) is 2.11. The molecule has 31 heavy (non-hydrogen) atoms. The molecular formula is C22H27N3O6. The molecule has 2 heterocycles. The molecule has 1 aromatic rings. The van der Waals surface area contributed by atoms with Gasteiger partial charge in [-0.05, 0) is 43.0 Å². The lowest BCUT2D eigenvalue weighted by atomic mass is 9.96. The van der Waals surface area contributed by atoms with Gasteiger partial charge < -0.3 is 20.6 Å². The van der Waals surface area contributed by atoms with Crippen molar-refractivity contribution in [1.29, 1.82) is 0 Å². The average molecular weight is 429 g/mol. The van der Waals surface area contributed by atoms with E-state index < -0.39 is 17.8 Å². The van der Waals surface area contributed by atoms with Crippen LogP contribution in [0, 0.1) is 0 Å². The van der Waals surface area contributed by atoms with E-state index in [-0.39, 0.29) is 31.6 Å². The number of allylic oxidation sites excluding steroid dienone is 1. The van der Waals surface area contributed by atoms with Crippen molar-refractivity contribution in [3.05, 3.63) is 29.3 Å². The zero-order chi connectivity index (χ0) is 22.4. The van der Waals surface area contributed by atoms with Gasteiger partial charge in [0.1, 0.15) is 12.4 Å². The van der Waals surface area contributed by atoms with Crippen molar-refractivity contribution in [3.8, 4) is 5.75 Å². The molecule has 1 fully saturated rings. The number of imide groups is 1. The number of nitrogens with one attached hydrogen (secondary N) is 1. The molecule has 0 atom stereocenters. The van der Waals surface area contributed by atoms with Crippen LogP contribution in [0.2, 0.25) is 0 Å². The summed E-state index contributed by atoms with van der Waals surface area (Å²) < 4.78 is 5.72. The number of nitrogens with two attached hydrogens (primary N) is 1. The number of hydroxylamine groups is 2. The summed E-state index contributed by atoms with van der Waals surface area (Å²) in [6.45, 7) is 2.83. The molecular weight excluding hydrogens is 402 g/mol. The van der Waals surface area contributed by atoms with Crippen molar-refractivity contribution in [2.75, 3.05) is 18.9 Å². The molecule has 0 radical (unpaired) electrons. The number of nitrogen functional groups attached to an aromatic ring is 1. The minimum atomic E-state index is -0.602. The number of ether oxygens (including phenoxy) is 1. The van der Waals surface area contributed by atoms with Gasteiger partial charge in [-0.1, -0.05) is 6.42 Å². The Labute approximate surface area is 180 Å². The first-order valence-corrected chi connectivity index (χ1v) is 10.4. The first-order chi connectivity index (χ1) is 14.8. The third-order valence-electron chi connectivity index (χ3n) is 5.29. The van der Waals surface area contributed by atoms with Crippen molar-refractivity contribution in [3.63, 3.8) is 0 Å². The first-order valence-electron chi connectivity index (χ1n) is 10.4. The molecule has 9 heteroatoms. The monoisotopic (exact) mass is 429 g/mol. The highest BCUT2D eigenvalue weighted by molar-refractivity contribution is 6.01. The number of hydrogen-bond donors (Lipinski definition) is 2. The Bertz CT molecular complexity index is 908. The van der Waals surface area contributed by atoms with Gasteiger partial charge in [-0.3, -0.25) is 14.4 Å². The number of hydrogen-bond acceptors (Lipinski definition) is 7. The molecule has 0 saturated carbocycles. The molecule has 0 unspecified atom stereocenters. The molecule has 2 aliphatic heterocycles. The molecule has 0 aliphatic carbocycles. The Morgan fingerprint density at radius 3 is 2.65 bits per heavy atom. The van der Waals surface area contributed by atoms with E-state index in [1.54, 1.807) is 6.07 Å². The topological polar surface area (TPSA) is 128 Å². The number of unbranched alkanes of at least 4 members (excludes halogenated alkanes) is 2. The van der Waals surface area contributed by atoms with Crippen LogP contribution in [0.1, 0.15) is 57.4 Å². The normalized spacial score (nSPS) is 15.6. The number of amides is 3. The number of benzene rings is 1. The summed E-state index contributed by atoms with van der Waals surface area (Å²) in [5, 5.41) is 3.44. The number of carbonyl (C=O) groups is 4. The maximum Gasteiger partial charge on any atom is 0.333 e.